The van der Waals surface area contributed by atoms with Crippen molar-refractivity contribution < 1.29 is 28.5 Å². The average molecular weight is 387 g/mol. The van der Waals surface area contributed by atoms with Crippen LogP contribution in [-0.4, -0.2) is 39.3 Å². The van der Waals surface area contributed by atoms with E-state index in [1.807, 2.05) is 31.2 Å². The first-order valence-electron chi connectivity index (χ1n) is 8.89. The molecular formula is C21H25NO6. The van der Waals surface area contributed by atoms with Gasteiger partial charge in [0.1, 0.15) is 17.2 Å². The van der Waals surface area contributed by atoms with Gasteiger partial charge < -0.3 is 24.3 Å². The van der Waals surface area contributed by atoms with Crippen molar-refractivity contribution in [1.82, 2.24) is 0 Å². The average Bonchev–Trinajstić information content (AvgIpc) is 2.69. The summed E-state index contributed by atoms with van der Waals surface area (Å²) in [5.41, 5.74) is 1.55. The third kappa shape index (κ3) is 6.83. The summed E-state index contributed by atoms with van der Waals surface area (Å²) >= 11 is 0. The highest BCUT2D eigenvalue weighted by Gasteiger charge is 2.11. The molecule has 2 aromatic rings. The Labute approximate surface area is 164 Å². The van der Waals surface area contributed by atoms with E-state index in [9.17, 15) is 9.59 Å². The molecule has 0 unspecified atom stereocenters. The molecule has 0 spiro atoms. The molecule has 0 aromatic heterocycles. The first-order valence-corrected chi connectivity index (χ1v) is 8.89. The zero-order chi connectivity index (χ0) is 20.4. The van der Waals surface area contributed by atoms with E-state index < -0.39 is 11.9 Å². The first kappa shape index (κ1) is 21.1. The number of carbonyl (C=O) groups excluding carboxylic acids is 2. The van der Waals surface area contributed by atoms with Gasteiger partial charge in [-0.15, -0.1) is 0 Å². The molecule has 0 fully saturated rings. The van der Waals surface area contributed by atoms with Crippen LogP contribution in [0.5, 0.6) is 17.2 Å². The molecule has 28 heavy (non-hydrogen) atoms. The molecule has 7 nitrogen and oxygen atoms in total. The minimum absolute atomic E-state index is 0.168. The van der Waals surface area contributed by atoms with Crippen molar-refractivity contribution in [3.8, 4) is 17.2 Å². The van der Waals surface area contributed by atoms with E-state index in [0.717, 1.165) is 11.3 Å². The Balaban J connectivity index is 1.70. The van der Waals surface area contributed by atoms with Gasteiger partial charge in [0, 0.05) is 12.5 Å². The number of aryl methyl sites for hydroxylation is 1. The van der Waals surface area contributed by atoms with E-state index >= 15 is 0 Å². The van der Waals surface area contributed by atoms with Gasteiger partial charge in [-0.2, -0.15) is 0 Å². The zero-order valence-corrected chi connectivity index (χ0v) is 16.3. The molecule has 0 aliphatic rings. The topological polar surface area (TPSA) is 83.1 Å². The maximum Gasteiger partial charge on any atom is 0.306 e. The number of esters is 1. The van der Waals surface area contributed by atoms with E-state index in [-0.39, 0.29) is 13.0 Å². The molecule has 0 heterocycles. The van der Waals surface area contributed by atoms with Crippen LogP contribution in [0.4, 0.5) is 5.69 Å². The predicted octanol–water partition coefficient (Wildman–Crippen LogP) is 3.35. The Morgan fingerprint density at radius 1 is 1.00 bits per heavy atom. The number of methoxy groups -OCH3 is 2. The summed E-state index contributed by atoms with van der Waals surface area (Å²) < 4.78 is 20.9. The lowest BCUT2D eigenvalue weighted by molar-refractivity contribution is -0.147. The third-order valence-electron chi connectivity index (χ3n) is 3.83. The van der Waals surface area contributed by atoms with Crippen molar-refractivity contribution in [1.29, 1.82) is 0 Å². The second kappa shape index (κ2) is 10.8. The Bertz CT molecular complexity index is 805. The molecular weight excluding hydrogens is 362 g/mol. The SMILES string of the molecule is COc1ccc(OC)c(NC(=O)COC(=O)CCCOc2cccc(C)c2)c1. The summed E-state index contributed by atoms with van der Waals surface area (Å²) in [6.45, 7) is 2.00. The maximum atomic E-state index is 12.0. The van der Waals surface area contributed by atoms with Gasteiger partial charge in [0.2, 0.25) is 0 Å². The fourth-order valence-electron chi connectivity index (χ4n) is 2.43. The molecule has 0 saturated carbocycles. The number of hydrogen-bond acceptors (Lipinski definition) is 6. The summed E-state index contributed by atoms with van der Waals surface area (Å²) in [6.07, 6.45) is 0.666. The molecule has 0 bridgehead atoms. The number of amides is 1. The number of hydrogen-bond donors (Lipinski definition) is 1. The second-order valence-electron chi connectivity index (χ2n) is 6.04. The summed E-state index contributed by atoms with van der Waals surface area (Å²) in [6, 6.07) is 12.7. The van der Waals surface area contributed by atoms with Gasteiger partial charge in [0.05, 0.1) is 26.5 Å². The Morgan fingerprint density at radius 2 is 1.82 bits per heavy atom. The smallest absolute Gasteiger partial charge is 0.306 e. The Morgan fingerprint density at radius 3 is 2.54 bits per heavy atom. The fraction of sp³-hybridized carbons (Fsp3) is 0.333. The number of ether oxygens (including phenoxy) is 4. The molecule has 1 N–H and O–H groups in total. The van der Waals surface area contributed by atoms with Crippen molar-refractivity contribution >= 4 is 17.6 Å². The highest BCUT2D eigenvalue weighted by Crippen LogP contribution is 2.28. The Hall–Kier alpha value is -3.22. The summed E-state index contributed by atoms with van der Waals surface area (Å²) in [7, 11) is 3.02. The second-order valence-corrected chi connectivity index (χ2v) is 6.04. The van der Waals surface area contributed by atoms with Crippen molar-refractivity contribution in [2.24, 2.45) is 0 Å². The van der Waals surface area contributed by atoms with Gasteiger partial charge in [-0.1, -0.05) is 12.1 Å². The van der Waals surface area contributed by atoms with Crippen molar-refractivity contribution in [3.63, 3.8) is 0 Å². The number of anilines is 1. The van der Waals surface area contributed by atoms with Gasteiger partial charge >= 0.3 is 5.97 Å². The quantitative estimate of drug-likeness (QED) is 0.497. The molecule has 150 valence electrons. The summed E-state index contributed by atoms with van der Waals surface area (Å²) in [5.74, 6) is 0.895. The van der Waals surface area contributed by atoms with Gasteiger partial charge in [-0.3, -0.25) is 9.59 Å². The molecule has 0 saturated heterocycles. The van der Waals surface area contributed by atoms with Gasteiger partial charge in [0.25, 0.3) is 5.91 Å². The lowest BCUT2D eigenvalue weighted by Gasteiger charge is -2.12. The highest BCUT2D eigenvalue weighted by atomic mass is 16.5. The van der Waals surface area contributed by atoms with Gasteiger partial charge in [-0.25, -0.2) is 0 Å². The lowest BCUT2D eigenvalue weighted by Crippen LogP contribution is -2.21. The third-order valence-corrected chi connectivity index (χ3v) is 3.83. The number of carbonyl (C=O) groups is 2. The fourth-order valence-corrected chi connectivity index (χ4v) is 2.43. The monoisotopic (exact) mass is 387 g/mol. The number of nitrogens with one attached hydrogen (secondary N) is 1. The summed E-state index contributed by atoms with van der Waals surface area (Å²) in [5, 5.41) is 2.64. The van der Waals surface area contributed by atoms with Gasteiger partial charge in [0.15, 0.2) is 6.61 Å². The molecule has 0 aliphatic carbocycles. The van der Waals surface area contributed by atoms with Crippen molar-refractivity contribution in [2.75, 3.05) is 32.8 Å². The molecule has 2 aromatic carbocycles. The van der Waals surface area contributed by atoms with E-state index in [2.05, 4.69) is 5.32 Å². The summed E-state index contributed by atoms with van der Waals surface area (Å²) in [4.78, 5) is 23.8. The Kier molecular flexibility index (Phi) is 8.14. The molecule has 7 heteroatoms. The van der Waals surface area contributed by atoms with Crippen molar-refractivity contribution in [3.05, 3.63) is 48.0 Å². The van der Waals surface area contributed by atoms with Crippen LogP contribution in [0.1, 0.15) is 18.4 Å². The van der Waals surface area contributed by atoms with Crippen molar-refractivity contribution in [2.45, 2.75) is 19.8 Å². The minimum atomic E-state index is -0.462. The number of benzene rings is 2. The van der Waals surface area contributed by atoms with Crippen LogP contribution >= 0.6 is 0 Å². The molecule has 1 amide bonds. The minimum Gasteiger partial charge on any atom is -0.497 e. The van der Waals surface area contributed by atoms with Crippen LogP contribution in [0, 0.1) is 6.92 Å². The first-order chi connectivity index (χ1) is 13.5. The molecule has 2 rings (SSSR count). The maximum absolute atomic E-state index is 12.0. The molecule has 0 radical (unpaired) electrons. The van der Waals surface area contributed by atoms with Crippen LogP contribution in [-0.2, 0) is 14.3 Å². The standard InChI is InChI=1S/C21H25NO6/c1-15-6-4-7-17(12-15)27-11-5-8-21(24)28-14-20(23)22-18-13-16(25-2)9-10-19(18)26-3/h4,6-7,9-10,12-13H,5,8,11,14H2,1-3H3,(H,22,23). The molecule has 0 atom stereocenters. The van der Waals surface area contributed by atoms with Crippen LogP contribution in [0.15, 0.2) is 42.5 Å². The van der Waals surface area contributed by atoms with Crippen LogP contribution in [0.3, 0.4) is 0 Å². The zero-order valence-electron chi connectivity index (χ0n) is 16.3. The van der Waals surface area contributed by atoms with Crippen LogP contribution in [0.25, 0.3) is 0 Å². The lowest BCUT2D eigenvalue weighted by atomic mass is 10.2. The normalized spacial score (nSPS) is 10.1. The van der Waals surface area contributed by atoms with E-state index in [1.165, 1.54) is 14.2 Å². The van der Waals surface area contributed by atoms with E-state index in [1.54, 1.807) is 18.2 Å². The number of rotatable bonds is 10. The van der Waals surface area contributed by atoms with E-state index in [0.29, 0.717) is 30.2 Å². The largest absolute Gasteiger partial charge is 0.497 e. The molecule has 0 aliphatic heterocycles. The predicted molar refractivity (Wildman–Crippen MR) is 105 cm³/mol. The van der Waals surface area contributed by atoms with E-state index in [4.69, 9.17) is 18.9 Å². The highest BCUT2D eigenvalue weighted by molar-refractivity contribution is 5.94. The van der Waals surface area contributed by atoms with Gasteiger partial charge in [-0.05, 0) is 43.2 Å². The van der Waals surface area contributed by atoms with Crippen LogP contribution < -0.4 is 19.5 Å². The van der Waals surface area contributed by atoms with Crippen LogP contribution in [0.2, 0.25) is 0 Å².